The fraction of sp³-hybridized carbons (Fsp3) is 0.451. The second-order valence-corrected chi connectivity index (χ2v) is 26.1. The number of piperazine rings is 2. The van der Waals surface area contributed by atoms with Crippen LogP contribution in [0.1, 0.15) is 75.4 Å². The highest BCUT2D eigenvalue weighted by atomic mass is 79.9. The average Bonchev–Trinajstić information content (AvgIpc) is 0.850. The summed E-state index contributed by atoms with van der Waals surface area (Å²) in [4.78, 5) is 69.9. The van der Waals surface area contributed by atoms with Gasteiger partial charge in [0.05, 0.1) is 25.4 Å². The third kappa shape index (κ3) is 30.8. The smallest absolute Gasteiger partial charge is 0.422 e. The first-order valence-electron chi connectivity index (χ1n) is 33.5. The minimum atomic E-state index is -4.57. The summed E-state index contributed by atoms with van der Waals surface area (Å²) in [6.45, 7) is 12.1. The number of nitrogens with one attached hydrogen (secondary N) is 5. The quantitative estimate of drug-likeness (QED) is 0.0485. The van der Waals surface area contributed by atoms with E-state index in [0.717, 1.165) is 59.1 Å². The van der Waals surface area contributed by atoms with Gasteiger partial charge in [0.25, 0.3) is 11.8 Å². The molecule has 0 radical (unpaired) electrons. The van der Waals surface area contributed by atoms with E-state index < -0.39 is 43.2 Å². The number of anilines is 2. The van der Waals surface area contributed by atoms with Crippen molar-refractivity contribution in [2.75, 3.05) is 139 Å². The van der Waals surface area contributed by atoms with Gasteiger partial charge in [-0.2, -0.15) is 56.2 Å². The van der Waals surface area contributed by atoms with Crippen LogP contribution in [0.25, 0.3) is 0 Å². The molecule has 2 unspecified atom stereocenters. The van der Waals surface area contributed by atoms with E-state index in [0.29, 0.717) is 101 Å². The Morgan fingerprint density at radius 3 is 1.32 bits per heavy atom. The average molecular weight is 1570 g/mol. The summed E-state index contributed by atoms with van der Waals surface area (Å²) in [7, 11) is 0. The Kier molecular flexibility index (Phi) is 32.0. The number of rotatable bonds is 10. The number of hydrogen-bond acceptors (Lipinski definition) is 21. The van der Waals surface area contributed by atoms with Crippen molar-refractivity contribution in [1.29, 1.82) is 0 Å². The molecule has 2 fully saturated rings. The van der Waals surface area contributed by atoms with Gasteiger partial charge in [0.15, 0.2) is 13.2 Å². The monoisotopic (exact) mass is 1570 g/mol. The molecule has 10 aliphatic heterocycles. The highest BCUT2D eigenvalue weighted by Crippen LogP contribution is 2.23. The first-order chi connectivity index (χ1) is 49.5. The molecule has 5 N–H and O–H groups in total. The molecule has 32 heteroatoms. The minimum Gasteiger partial charge on any atom is -0.490 e. The van der Waals surface area contributed by atoms with Gasteiger partial charge in [0.1, 0.15) is 42.0 Å². The van der Waals surface area contributed by atoms with E-state index in [2.05, 4.69) is 110 Å². The van der Waals surface area contributed by atoms with Crippen molar-refractivity contribution >= 4 is 61.7 Å². The van der Waals surface area contributed by atoms with Crippen molar-refractivity contribution in [2.45, 2.75) is 76.9 Å². The van der Waals surface area contributed by atoms with Crippen LogP contribution in [0, 0.1) is 0 Å². The Morgan fingerprint density at radius 2 is 0.922 bits per heavy atom. The van der Waals surface area contributed by atoms with Crippen molar-refractivity contribution in [3.05, 3.63) is 179 Å². The molecule has 2 aromatic heterocycles. The van der Waals surface area contributed by atoms with E-state index in [9.17, 15) is 40.7 Å². The summed E-state index contributed by atoms with van der Waals surface area (Å²) in [5.41, 5.74) is 3.52. The molecule has 103 heavy (non-hydrogen) atoms. The summed E-state index contributed by atoms with van der Waals surface area (Å²) in [5, 5.41) is 17.3. The first-order valence-corrected chi connectivity index (χ1v) is 35.7. The van der Waals surface area contributed by atoms with Crippen molar-refractivity contribution < 1.29 is 73.9 Å². The molecule has 2 atom stereocenters. The molecule has 24 nitrogen and oxygen atoms in total. The predicted octanol–water partition coefficient (Wildman–Crippen LogP) is 9.95. The Hall–Kier alpha value is -8.53. The van der Waals surface area contributed by atoms with Gasteiger partial charge in [-0.3, -0.25) is 19.4 Å². The minimum absolute atomic E-state index is 0.0554. The lowest BCUT2D eigenvalue weighted by molar-refractivity contribution is -0.155. The molecule has 10 aliphatic rings. The summed E-state index contributed by atoms with van der Waals surface area (Å²) < 4.78 is 116. The van der Waals surface area contributed by atoms with Crippen LogP contribution in [0.2, 0.25) is 0 Å². The maximum atomic E-state index is 13.2. The van der Waals surface area contributed by atoms with Gasteiger partial charge in [-0.15, -0.1) is 0 Å². The van der Waals surface area contributed by atoms with E-state index in [-0.39, 0.29) is 79.6 Å². The van der Waals surface area contributed by atoms with Crippen molar-refractivity contribution in [3.8, 4) is 23.5 Å². The maximum absolute atomic E-state index is 13.2. The van der Waals surface area contributed by atoms with Gasteiger partial charge in [0.2, 0.25) is 11.9 Å². The Bertz CT molecular complexity index is 3670. The third-order valence-corrected chi connectivity index (χ3v) is 16.1. The van der Waals surface area contributed by atoms with Crippen LogP contribution in [0.4, 0.5) is 43.0 Å². The number of hydrogen-bond donors (Lipinski definition) is 5. The molecule has 0 spiro atoms. The Balaban J connectivity index is 0.000000244. The highest BCUT2D eigenvalue weighted by Gasteiger charge is 2.32. The number of amides is 3. The van der Waals surface area contributed by atoms with Crippen molar-refractivity contribution in [1.82, 2.24) is 60.6 Å². The van der Waals surface area contributed by atoms with Gasteiger partial charge >= 0.3 is 30.5 Å². The highest BCUT2D eigenvalue weighted by molar-refractivity contribution is 9.09. The zero-order chi connectivity index (χ0) is 73.5. The number of nitrogens with zero attached hydrogens (tertiary/aromatic N) is 9. The molecule has 2 saturated heterocycles. The lowest BCUT2D eigenvalue weighted by atomic mass is 10.1. The van der Waals surface area contributed by atoms with E-state index in [1.807, 2.05) is 93.6 Å². The molecule has 4 aromatic carbocycles. The lowest BCUT2D eigenvalue weighted by Gasteiger charge is -2.37. The van der Waals surface area contributed by atoms with E-state index in [1.165, 1.54) is 0 Å². The number of ether oxygens (including phenoxy) is 7. The molecule has 0 saturated carbocycles. The van der Waals surface area contributed by atoms with Crippen molar-refractivity contribution in [2.24, 2.45) is 0 Å². The summed E-state index contributed by atoms with van der Waals surface area (Å²) in [5.74, 6) is 1.30. The normalized spacial score (nSPS) is 18.6. The topological polar surface area (TPSA) is 263 Å². The lowest BCUT2D eigenvalue weighted by Crippen LogP contribution is -2.52. The zero-order valence-corrected chi connectivity index (χ0v) is 60.6. The Labute approximate surface area is 611 Å². The SMILES string of the molecule is BrC/C=C/CBr.CC(C)(C)OC(=O)N1CCN(CC2CNC(=O)c3ccc(cc3)Cc3nc(nc(OCC(F)(F)F)n3)NCc3ccc(cc3)OC/C=C/CO2)CC1.O=C1NCC(CN2CCNCC2)OC/C=C/COc2ccc(cc2)CNc2nc(nc(OCC(F)(F)F)n2)Cc2ccc1cc2. The van der Waals surface area contributed by atoms with Crippen LogP contribution in [-0.2, 0) is 40.1 Å². The van der Waals surface area contributed by atoms with Crippen LogP contribution in [-0.4, -0.2) is 222 Å². The molecule has 556 valence electrons. The zero-order valence-electron chi connectivity index (χ0n) is 57.5. The van der Waals surface area contributed by atoms with Gasteiger partial charge in [-0.25, -0.2) is 4.79 Å². The van der Waals surface area contributed by atoms with E-state index >= 15 is 0 Å². The second kappa shape index (κ2) is 41.1. The number of carbonyl (C=O) groups excluding carboxylic acids is 3. The number of benzene rings is 4. The molecule has 6 aromatic rings. The van der Waals surface area contributed by atoms with Crippen LogP contribution in [0.3, 0.4) is 0 Å². The fourth-order valence-electron chi connectivity index (χ4n) is 10.2. The van der Waals surface area contributed by atoms with Crippen LogP contribution in [0.5, 0.6) is 23.5 Å². The number of halogens is 8. The third-order valence-electron chi connectivity index (χ3n) is 15.3. The first kappa shape index (κ1) is 80.2. The molecular weight excluding hydrogens is 1480 g/mol. The Morgan fingerprint density at radius 1 is 0.524 bits per heavy atom. The number of aromatic nitrogens is 6. The largest absolute Gasteiger partial charge is 0.490 e. The predicted molar refractivity (Wildman–Crippen MR) is 382 cm³/mol. The van der Waals surface area contributed by atoms with E-state index in [1.54, 1.807) is 53.4 Å². The van der Waals surface area contributed by atoms with Crippen LogP contribution < -0.4 is 45.5 Å². The fourth-order valence-corrected chi connectivity index (χ4v) is 10.7. The molecule has 3 amide bonds. The standard InChI is InChI=1S/C36H44F3N7O6.C31H36F3N7O4.C4H6Br2/c1-35(2,3)52-34(48)46-16-14-45(15-17-46)23-29-22-40-31(47)27-10-6-25(7-11-27)20-30-42-32(44-33(43-30)51-24-36(37,38)39)41-21-26-8-12-28(13-9-26)49-18-4-5-19-50-29;32-31(33,34)21-45-30-39-27-17-22-3-7-24(8-4-22)28(42)36-19-26(20-41-13-11-35-12-14-41)44-16-2-1-15-43-25-9-5-23(6-10-25)18-37-29(38-27)40-30;5-3-1-2-4-6/h4-13,29H,14-24H2,1-3H3,(H,40,47)(H,41,42,43,44);1-10,26,35H,11-21H2,(H,36,42)(H,37,38,39,40);1-2H,3-4H2/b5-4+;2*2-1+. The number of carbonyl (C=O) groups is 3. The maximum Gasteiger partial charge on any atom is 0.422 e. The number of allylic oxidation sites excluding steroid dienone is 2. The molecular formula is C71H86Br2F6N14O10. The summed E-state index contributed by atoms with van der Waals surface area (Å²) >= 11 is 6.49. The van der Waals surface area contributed by atoms with Crippen LogP contribution >= 0.6 is 31.9 Å². The summed E-state index contributed by atoms with van der Waals surface area (Å²) in [6, 6.07) is 27.5. The van der Waals surface area contributed by atoms with Gasteiger partial charge < -0.3 is 64.6 Å². The van der Waals surface area contributed by atoms with Gasteiger partial charge in [-0.1, -0.05) is 105 Å². The second-order valence-electron chi connectivity index (χ2n) is 24.8. The van der Waals surface area contributed by atoms with Crippen molar-refractivity contribution in [3.63, 3.8) is 0 Å². The van der Waals surface area contributed by atoms with Gasteiger partial charge in [0, 0.05) is 126 Å². The molecule has 12 heterocycles. The van der Waals surface area contributed by atoms with Gasteiger partial charge in [-0.05, 0) is 104 Å². The molecule has 12 bridgehead atoms. The number of alkyl halides is 8. The summed E-state index contributed by atoms with van der Waals surface area (Å²) in [6.07, 6.45) is 1.91. The molecule has 16 rings (SSSR count). The van der Waals surface area contributed by atoms with E-state index in [4.69, 9.17) is 33.2 Å². The molecule has 0 aliphatic carbocycles. The van der Waals surface area contributed by atoms with Crippen LogP contribution in [0.15, 0.2) is 134 Å².